The molecule has 1 aromatic carbocycles. The topological polar surface area (TPSA) is 38.5 Å². The van der Waals surface area contributed by atoms with Crippen molar-refractivity contribution in [3.8, 4) is 0 Å². The number of nitrogens with two attached hydrogens (primary N) is 1. The Hall–Kier alpha value is -0.900. The van der Waals surface area contributed by atoms with Gasteiger partial charge in [-0.05, 0) is 24.8 Å². The fourth-order valence-electron chi connectivity index (χ4n) is 2.75. The predicted molar refractivity (Wildman–Crippen MR) is 79.2 cm³/mol. The van der Waals surface area contributed by atoms with E-state index in [0.29, 0.717) is 12.1 Å². The number of hydrogen-bond donors (Lipinski definition) is 1. The first-order valence-corrected chi connectivity index (χ1v) is 7.43. The van der Waals surface area contributed by atoms with Gasteiger partial charge >= 0.3 is 0 Å². The molecule has 1 fully saturated rings. The zero-order valence-corrected chi connectivity index (χ0v) is 11.9. The Kier molecular flexibility index (Phi) is 5.83. The molecule has 1 saturated heterocycles. The van der Waals surface area contributed by atoms with E-state index in [1.807, 2.05) is 0 Å². The van der Waals surface area contributed by atoms with Crippen molar-refractivity contribution in [2.45, 2.75) is 38.3 Å². The van der Waals surface area contributed by atoms with Gasteiger partial charge in [0.1, 0.15) is 0 Å². The summed E-state index contributed by atoms with van der Waals surface area (Å²) in [4.78, 5) is 2.51. The quantitative estimate of drug-likeness (QED) is 0.853. The lowest BCUT2D eigenvalue weighted by Crippen LogP contribution is -2.50. The molecule has 0 bridgehead atoms. The molecular formula is C16H26N2O. The van der Waals surface area contributed by atoms with E-state index in [1.165, 1.54) is 5.56 Å². The number of morpholine rings is 1. The third-order valence-corrected chi connectivity index (χ3v) is 4.02. The monoisotopic (exact) mass is 262 g/mol. The van der Waals surface area contributed by atoms with Crippen LogP contribution in [-0.2, 0) is 11.2 Å². The van der Waals surface area contributed by atoms with E-state index in [1.54, 1.807) is 0 Å². The standard InChI is InChI=1S/C16H26N2O/c1-2-16-13-18(10-11-19-16)15(12-17)9-8-14-6-4-3-5-7-14/h3-7,15-16H,2,8-13,17H2,1H3. The van der Waals surface area contributed by atoms with Gasteiger partial charge in [0.05, 0.1) is 12.7 Å². The molecule has 0 radical (unpaired) electrons. The zero-order valence-electron chi connectivity index (χ0n) is 11.9. The summed E-state index contributed by atoms with van der Waals surface area (Å²) in [6.45, 7) is 5.83. The number of hydrogen-bond acceptors (Lipinski definition) is 3. The van der Waals surface area contributed by atoms with E-state index in [-0.39, 0.29) is 0 Å². The smallest absolute Gasteiger partial charge is 0.0700 e. The molecule has 3 heteroatoms. The highest BCUT2D eigenvalue weighted by Crippen LogP contribution is 2.15. The highest BCUT2D eigenvalue weighted by Gasteiger charge is 2.24. The average molecular weight is 262 g/mol. The number of rotatable bonds is 6. The van der Waals surface area contributed by atoms with Gasteiger partial charge in [0.15, 0.2) is 0 Å². The van der Waals surface area contributed by atoms with Crippen LogP contribution in [0.4, 0.5) is 0 Å². The van der Waals surface area contributed by atoms with Crippen LogP contribution >= 0.6 is 0 Å². The largest absolute Gasteiger partial charge is 0.376 e. The molecule has 2 rings (SSSR count). The van der Waals surface area contributed by atoms with Crippen LogP contribution in [0.15, 0.2) is 30.3 Å². The summed E-state index contributed by atoms with van der Waals surface area (Å²) >= 11 is 0. The summed E-state index contributed by atoms with van der Waals surface area (Å²) in [6.07, 6.45) is 3.72. The fourth-order valence-corrected chi connectivity index (χ4v) is 2.75. The van der Waals surface area contributed by atoms with Gasteiger partial charge in [0, 0.05) is 25.7 Å². The Morgan fingerprint density at radius 2 is 2.16 bits per heavy atom. The Morgan fingerprint density at radius 1 is 1.37 bits per heavy atom. The molecule has 0 saturated carbocycles. The summed E-state index contributed by atoms with van der Waals surface area (Å²) in [5, 5.41) is 0. The van der Waals surface area contributed by atoms with Gasteiger partial charge in [-0.2, -0.15) is 0 Å². The van der Waals surface area contributed by atoms with Crippen LogP contribution in [0.1, 0.15) is 25.3 Å². The second-order valence-electron chi connectivity index (χ2n) is 5.31. The number of benzene rings is 1. The molecule has 0 amide bonds. The molecule has 1 aromatic rings. The van der Waals surface area contributed by atoms with Crippen molar-refractivity contribution in [1.29, 1.82) is 0 Å². The molecule has 1 aliphatic heterocycles. The van der Waals surface area contributed by atoms with E-state index < -0.39 is 0 Å². The zero-order chi connectivity index (χ0) is 13.5. The number of ether oxygens (including phenoxy) is 1. The van der Waals surface area contributed by atoms with Crippen LogP contribution in [0.2, 0.25) is 0 Å². The van der Waals surface area contributed by atoms with Gasteiger partial charge in [0.2, 0.25) is 0 Å². The van der Waals surface area contributed by atoms with Gasteiger partial charge in [-0.3, -0.25) is 4.90 Å². The average Bonchev–Trinajstić information content (AvgIpc) is 2.49. The summed E-state index contributed by atoms with van der Waals surface area (Å²) in [5.74, 6) is 0. The molecule has 0 aromatic heterocycles. The lowest BCUT2D eigenvalue weighted by molar-refractivity contribution is -0.0441. The van der Waals surface area contributed by atoms with E-state index in [2.05, 4.69) is 42.2 Å². The molecule has 0 spiro atoms. The Bertz CT molecular complexity index is 355. The summed E-state index contributed by atoms with van der Waals surface area (Å²) in [6, 6.07) is 11.2. The van der Waals surface area contributed by atoms with Gasteiger partial charge in [0.25, 0.3) is 0 Å². The van der Waals surface area contributed by atoms with E-state index in [4.69, 9.17) is 10.5 Å². The van der Waals surface area contributed by atoms with Crippen molar-refractivity contribution in [2.75, 3.05) is 26.2 Å². The Labute approximate surface area is 116 Å². The second kappa shape index (κ2) is 7.63. The van der Waals surface area contributed by atoms with E-state index >= 15 is 0 Å². The van der Waals surface area contributed by atoms with Crippen LogP contribution in [0, 0.1) is 0 Å². The Morgan fingerprint density at radius 3 is 2.84 bits per heavy atom. The summed E-state index contributed by atoms with van der Waals surface area (Å²) in [7, 11) is 0. The molecule has 2 N–H and O–H groups in total. The van der Waals surface area contributed by atoms with Crippen LogP contribution in [0.25, 0.3) is 0 Å². The molecule has 1 aliphatic rings. The molecule has 0 aliphatic carbocycles. The maximum Gasteiger partial charge on any atom is 0.0700 e. The van der Waals surface area contributed by atoms with Crippen molar-refractivity contribution in [2.24, 2.45) is 5.73 Å². The van der Waals surface area contributed by atoms with Gasteiger partial charge in [-0.1, -0.05) is 37.3 Å². The van der Waals surface area contributed by atoms with Gasteiger partial charge in [-0.15, -0.1) is 0 Å². The lowest BCUT2D eigenvalue weighted by Gasteiger charge is -2.37. The maximum absolute atomic E-state index is 5.97. The third-order valence-electron chi connectivity index (χ3n) is 4.02. The lowest BCUT2D eigenvalue weighted by atomic mass is 10.0. The summed E-state index contributed by atoms with van der Waals surface area (Å²) < 4.78 is 5.73. The number of nitrogens with zero attached hydrogens (tertiary/aromatic N) is 1. The first-order valence-electron chi connectivity index (χ1n) is 7.43. The van der Waals surface area contributed by atoms with Gasteiger partial charge < -0.3 is 10.5 Å². The SMILES string of the molecule is CCC1CN(C(CN)CCc2ccccc2)CCO1. The maximum atomic E-state index is 5.97. The predicted octanol–water partition coefficient (Wildman–Crippen LogP) is 2.06. The van der Waals surface area contributed by atoms with Crippen molar-refractivity contribution in [3.05, 3.63) is 35.9 Å². The first-order chi connectivity index (χ1) is 9.33. The molecule has 3 nitrogen and oxygen atoms in total. The van der Waals surface area contributed by atoms with Crippen molar-refractivity contribution in [1.82, 2.24) is 4.90 Å². The van der Waals surface area contributed by atoms with E-state index in [0.717, 1.165) is 45.5 Å². The molecular weight excluding hydrogens is 236 g/mol. The first kappa shape index (κ1) is 14.5. The van der Waals surface area contributed by atoms with Crippen molar-refractivity contribution < 1.29 is 4.74 Å². The molecule has 1 heterocycles. The minimum Gasteiger partial charge on any atom is -0.376 e. The minimum atomic E-state index is 0.388. The van der Waals surface area contributed by atoms with Crippen LogP contribution in [0.3, 0.4) is 0 Å². The number of aryl methyl sites for hydroxylation is 1. The fraction of sp³-hybridized carbons (Fsp3) is 0.625. The van der Waals surface area contributed by atoms with Crippen LogP contribution in [0.5, 0.6) is 0 Å². The van der Waals surface area contributed by atoms with Crippen molar-refractivity contribution >= 4 is 0 Å². The molecule has 2 atom stereocenters. The summed E-state index contributed by atoms with van der Waals surface area (Å²) in [5.41, 5.74) is 7.38. The third kappa shape index (κ3) is 4.30. The second-order valence-corrected chi connectivity index (χ2v) is 5.31. The minimum absolute atomic E-state index is 0.388. The Balaban J connectivity index is 1.85. The highest BCUT2D eigenvalue weighted by molar-refractivity contribution is 5.14. The molecule has 106 valence electrons. The van der Waals surface area contributed by atoms with E-state index in [9.17, 15) is 0 Å². The van der Waals surface area contributed by atoms with Crippen LogP contribution in [-0.4, -0.2) is 43.3 Å². The highest BCUT2D eigenvalue weighted by atomic mass is 16.5. The molecule has 19 heavy (non-hydrogen) atoms. The normalized spacial score (nSPS) is 22.3. The van der Waals surface area contributed by atoms with Crippen LogP contribution < -0.4 is 5.73 Å². The van der Waals surface area contributed by atoms with Gasteiger partial charge in [-0.25, -0.2) is 0 Å². The van der Waals surface area contributed by atoms with Crippen molar-refractivity contribution in [3.63, 3.8) is 0 Å². The molecule has 2 unspecified atom stereocenters.